The minimum absolute atomic E-state index is 0.0540. The van der Waals surface area contributed by atoms with Crippen LogP contribution in [0, 0.1) is 52.1 Å². The monoisotopic (exact) mass is 2010 g/mol. The van der Waals surface area contributed by atoms with Crippen LogP contribution in [0.3, 0.4) is 0 Å². The number of carbonyl (C=O) groups is 4. The summed E-state index contributed by atoms with van der Waals surface area (Å²) in [4.78, 5) is 49.9. The fourth-order valence-electron chi connectivity index (χ4n) is 17.5. The number of aromatic amines is 5. The van der Waals surface area contributed by atoms with Gasteiger partial charge in [0.25, 0.3) is 23.6 Å². The van der Waals surface area contributed by atoms with Crippen LogP contribution in [0.5, 0.6) is 11.5 Å². The lowest BCUT2D eigenvalue weighted by Gasteiger charge is -2.10. The number of ether oxygens (including phenoxy) is 2. The minimum atomic E-state index is -3.54. The molecule has 0 bridgehead atoms. The van der Waals surface area contributed by atoms with E-state index in [1.54, 1.807) is 86.0 Å². The smallest absolute Gasteiger partial charge is 0.255 e. The van der Waals surface area contributed by atoms with E-state index in [2.05, 4.69) is 89.1 Å². The Morgan fingerprint density at radius 1 is 0.309 bits per heavy atom. The number of methoxy groups -OCH3 is 2. The summed E-state index contributed by atoms with van der Waals surface area (Å²) in [6.07, 6.45) is 0.970. The van der Waals surface area contributed by atoms with E-state index in [0.717, 1.165) is 101 Å². The van der Waals surface area contributed by atoms with E-state index in [1.165, 1.54) is 79.9 Å². The molecular formula is C117H85F7N16O8S. The maximum Gasteiger partial charge on any atom is 0.255 e. The van der Waals surface area contributed by atoms with Gasteiger partial charge in [0.15, 0.2) is 29.1 Å². The van der Waals surface area contributed by atoms with Gasteiger partial charge in [0, 0.05) is 104 Å². The number of amides is 4. The summed E-state index contributed by atoms with van der Waals surface area (Å²) in [7, 11) is -0.472. The number of fused-ring (bicyclic) bond motifs is 9. The first-order chi connectivity index (χ1) is 72.3. The summed E-state index contributed by atoms with van der Waals surface area (Å²) in [5, 5.41) is 67.0. The number of nitriles is 1. The van der Waals surface area contributed by atoms with E-state index in [9.17, 15) is 58.3 Å². The van der Waals surface area contributed by atoms with Gasteiger partial charge < -0.3 is 30.7 Å². The van der Waals surface area contributed by atoms with Crippen LogP contribution in [0.15, 0.2) is 352 Å². The van der Waals surface area contributed by atoms with E-state index in [4.69, 9.17) is 14.7 Å². The van der Waals surface area contributed by atoms with Gasteiger partial charge in [-0.15, -0.1) is 0 Å². The highest BCUT2D eigenvalue weighted by Gasteiger charge is 2.24. The molecule has 0 saturated heterocycles. The molecule has 0 aliphatic carbocycles. The second-order valence-corrected chi connectivity index (χ2v) is 36.5. The molecule has 0 radical (unpaired) electrons. The Morgan fingerprint density at radius 2 is 0.624 bits per heavy atom. The summed E-state index contributed by atoms with van der Waals surface area (Å²) < 4.78 is 135. The lowest BCUT2D eigenvalue weighted by atomic mass is 10.0. The Hall–Kier alpha value is -19.4. The molecule has 23 aromatic rings. The van der Waals surface area contributed by atoms with Crippen molar-refractivity contribution in [2.45, 2.75) is 26.2 Å². The average molecular weight is 2010 g/mol. The number of hydrogen-bond acceptors (Lipinski definition) is 14. The Labute approximate surface area is 845 Å². The van der Waals surface area contributed by atoms with Crippen LogP contribution in [0.1, 0.15) is 69.2 Å². The van der Waals surface area contributed by atoms with E-state index in [1.807, 2.05) is 182 Å². The zero-order valence-corrected chi connectivity index (χ0v) is 80.1. The zero-order chi connectivity index (χ0) is 104. The quantitative estimate of drug-likeness (QED) is 0.0299. The number of anilines is 1. The van der Waals surface area contributed by atoms with Gasteiger partial charge in [-0.1, -0.05) is 188 Å². The number of sulfonamides is 1. The molecule has 4 amide bonds. The molecule has 18 aromatic carbocycles. The standard InChI is InChI=1S/C26H17FN4O.2C26H20FN3O2.C25H17F2N3O.C14H11F2N3O2S/c27-23-12-17(15-29-26(32)21-7-3-4-16(10-21)14-28)11-22-24(30-31-25(22)23)20-9-8-18-5-1-2-6-19(18)13-20;1-32-23-9-5-4-8-20(23)26(31)28-15-16-12-21-24(29-30-25(21)22(27)13-16)19-11-10-17-6-2-3-7-18(17)14-19;1-32-21-8-4-7-20(14-21)26(31)28-15-16-11-22-24(29-30-25(22)23(27)12-16)19-10-9-17-5-2-3-6-18(17)13-19;26-20-7-3-6-19(13-20)25(31)28-14-15-10-21-23(29-30-24(21)22(27)11-15)18-9-8-16-4-1-2-5-17(16)12-18;1-22(20,21)19-10-6-11-13(8-3-2-4-9(15)5-8)17-18-14(11)12(16)7-10/h1-13H,15H2,(H,29,32)(H,30,31);2*2-14H,15H2,1H3,(H,28,31)(H,29,30);1-13H,14H2,(H,28,31)(H,29,30);2-7,19H,1H3,(H,17,18). The van der Waals surface area contributed by atoms with E-state index in [-0.39, 0.29) is 82.7 Å². The number of hydrogen-bond donors (Lipinski definition) is 10. The topological polar surface area (TPSA) is 348 Å². The number of nitrogens with zero attached hydrogens (tertiary/aromatic N) is 6. The van der Waals surface area contributed by atoms with Crippen molar-refractivity contribution in [3.63, 3.8) is 0 Å². The molecule has 5 heterocycles. The summed E-state index contributed by atoms with van der Waals surface area (Å²) in [5.74, 6) is -3.63. The number of benzene rings is 18. The number of para-hydroxylation sites is 1. The molecular weight excluding hydrogens is 1920 g/mol. The molecule has 10 N–H and O–H groups in total. The molecule has 0 spiro atoms. The number of nitrogens with one attached hydrogen (secondary N) is 10. The van der Waals surface area contributed by atoms with Gasteiger partial charge in [0.05, 0.1) is 71.8 Å². The van der Waals surface area contributed by atoms with Gasteiger partial charge in [-0.25, -0.2) is 39.2 Å². The predicted molar refractivity (Wildman–Crippen MR) is 564 cm³/mol. The Morgan fingerprint density at radius 3 is 0.987 bits per heavy atom. The van der Waals surface area contributed by atoms with E-state index in [0.29, 0.717) is 99.9 Å². The maximum atomic E-state index is 14.8. The molecule has 0 fully saturated rings. The predicted octanol–water partition coefficient (Wildman–Crippen LogP) is 24.7. The van der Waals surface area contributed by atoms with Gasteiger partial charge in [-0.3, -0.25) is 49.4 Å². The van der Waals surface area contributed by atoms with Crippen molar-refractivity contribution in [2.24, 2.45) is 0 Å². The molecule has 24 nitrogen and oxygen atoms in total. The van der Waals surface area contributed by atoms with Crippen LogP contribution >= 0.6 is 0 Å². The minimum Gasteiger partial charge on any atom is -0.497 e. The third-order valence-corrected chi connectivity index (χ3v) is 25.3. The van der Waals surface area contributed by atoms with Crippen molar-refractivity contribution in [3.8, 4) is 73.9 Å². The first-order valence-corrected chi connectivity index (χ1v) is 48.4. The van der Waals surface area contributed by atoms with Crippen LogP contribution in [0.4, 0.5) is 36.4 Å². The van der Waals surface area contributed by atoms with Crippen molar-refractivity contribution in [1.29, 1.82) is 5.26 Å². The first kappa shape index (κ1) is 98.4. The highest BCUT2D eigenvalue weighted by atomic mass is 32.2. The lowest BCUT2D eigenvalue weighted by Crippen LogP contribution is -2.23. The number of H-pyrrole nitrogens is 5. The highest BCUT2D eigenvalue weighted by molar-refractivity contribution is 7.92. The average Bonchev–Trinajstić information content (AvgIpc) is 1.65. The summed E-state index contributed by atoms with van der Waals surface area (Å²) in [6, 6.07) is 105. The summed E-state index contributed by atoms with van der Waals surface area (Å²) in [6.45, 7) is 0.604. The van der Waals surface area contributed by atoms with Crippen LogP contribution in [-0.2, 0) is 36.2 Å². The molecule has 0 saturated carbocycles. The molecule has 0 atom stereocenters. The van der Waals surface area contributed by atoms with Crippen LogP contribution < -0.4 is 35.5 Å². The highest BCUT2D eigenvalue weighted by Crippen LogP contribution is 2.39. The van der Waals surface area contributed by atoms with Gasteiger partial charge in [0.2, 0.25) is 10.0 Å². The van der Waals surface area contributed by atoms with Gasteiger partial charge in [-0.05, 0) is 223 Å². The largest absolute Gasteiger partial charge is 0.497 e. The third-order valence-electron chi connectivity index (χ3n) is 24.7. The molecule has 149 heavy (non-hydrogen) atoms. The Balaban J connectivity index is 0.000000118. The van der Waals surface area contributed by atoms with Crippen molar-refractivity contribution in [3.05, 3.63) is 443 Å². The van der Waals surface area contributed by atoms with Crippen molar-refractivity contribution in [1.82, 2.24) is 72.3 Å². The molecule has 5 aromatic heterocycles. The van der Waals surface area contributed by atoms with Crippen molar-refractivity contribution < 1.29 is 67.8 Å². The normalized spacial score (nSPS) is 11.1. The lowest BCUT2D eigenvalue weighted by molar-refractivity contribution is 0.0940. The second kappa shape index (κ2) is 43.4. The summed E-state index contributed by atoms with van der Waals surface area (Å²) >= 11 is 0. The van der Waals surface area contributed by atoms with E-state index < -0.39 is 56.7 Å². The van der Waals surface area contributed by atoms with Gasteiger partial charge >= 0.3 is 0 Å². The van der Waals surface area contributed by atoms with Crippen LogP contribution in [0.2, 0.25) is 0 Å². The molecule has 32 heteroatoms. The Kier molecular flexibility index (Phi) is 28.7. The van der Waals surface area contributed by atoms with Gasteiger partial charge in [0.1, 0.15) is 50.7 Å². The van der Waals surface area contributed by atoms with Crippen molar-refractivity contribution >= 4 is 137 Å². The van der Waals surface area contributed by atoms with E-state index >= 15 is 0 Å². The summed E-state index contributed by atoms with van der Waals surface area (Å²) in [5.41, 5.74) is 13.0. The maximum absolute atomic E-state index is 14.8. The molecule has 0 aliphatic heterocycles. The molecule has 0 unspecified atom stereocenters. The number of halogens is 7. The fraction of sp³-hybridized carbons (Fsp3) is 0.0598. The Bertz CT molecular complexity index is 9310. The van der Waals surface area contributed by atoms with Crippen LogP contribution in [-0.4, -0.2) is 104 Å². The number of carbonyl (C=O) groups excluding carboxylic acids is 4. The SMILES string of the molecule is COc1cccc(C(=O)NCc2cc(F)c3n[nH]c(-c4ccc5ccccc5c4)c3c2)c1.COc1ccccc1C(=O)NCc1cc(F)c2n[nH]c(-c3ccc4ccccc4c3)c2c1.CS(=O)(=O)Nc1cc(F)c2n[nH]c(-c3cccc(F)c3)c2c1.N#Cc1cccc(C(=O)NCc2cc(F)c3n[nH]c(-c4ccc5ccccc5c4)c3c2)c1.O=C(NCc1cc(F)c2n[nH]c(-c3ccc4ccccc4c3)c2c1)c1cccc(F)c1. The number of rotatable bonds is 21. The van der Waals surface area contributed by atoms with Crippen molar-refractivity contribution in [2.75, 3.05) is 25.2 Å². The fourth-order valence-corrected chi connectivity index (χ4v) is 18.0. The zero-order valence-electron chi connectivity index (χ0n) is 79.3. The second-order valence-electron chi connectivity index (χ2n) is 34.7. The third kappa shape index (κ3) is 22.4. The molecule has 736 valence electrons. The molecule has 0 aliphatic rings. The van der Waals surface area contributed by atoms with Gasteiger partial charge in [-0.2, -0.15) is 30.8 Å². The first-order valence-electron chi connectivity index (χ1n) is 46.5. The molecule has 23 rings (SSSR count). The number of aromatic nitrogens is 10. The van der Waals surface area contributed by atoms with Crippen LogP contribution in [0.25, 0.3) is 154 Å².